The average molecular weight is 345 g/mol. The second-order valence-corrected chi connectivity index (χ2v) is 7.62. The van der Waals surface area contributed by atoms with Crippen molar-refractivity contribution in [3.05, 3.63) is 65.2 Å². The van der Waals surface area contributed by atoms with E-state index in [0.717, 1.165) is 11.1 Å². The largest absolute Gasteiger partial charge is 0.352 e. The molecule has 0 heterocycles. The van der Waals surface area contributed by atoms with Crippen LogP contribution in [-0.2, 0) is 22.9 Å². The van der Waals surface area contributed by atoms with E-state index in [0.29, 0.717) is 23.9 Å². The predicted molar refractivity (Wildman–Crippen MR) is 97.8 cm³/mol. The fraction of sp³-hybridized carbons (Fsp3) is 0.278. The zero-order valence-corrected chi connectivity index (χ0v) is 15.0. The molecule has 6 heteroatoms. The zero-order valence-electron chi connectivity index (χ0n) is 14.2. The predicted octanol–water partition coefficient (Wildman–Crippen LogP) is 2.26. The van der Waals surface area contributed by atoms with Gasteiger partial charge in [0.25, 0.3) is 0 Å². The van der Waals surface area contributed by atoms with Crippen LogP contribution in [0.15, 0.2) is 58.4 Å². The lowest BCUT2D eigenvalue weighted by Gasteiger charge is -2.13. The Morgan fingerprint density at radius 1 is 1.00 bits per heavy atom. The van der Waals surface area contributed by atoms with E-state index in [-0.39, 0.29) is 0 Å². The number of hydrogen-bond acceptors (Lipinski definition) is 3. The molecule has 24 heavy (non-hydrogen) atoms. The molecule has 0 fully saturated rings. The lowest BCUT2D eigenvalue weighted by molar-refractivity contribution is 0.601. The molecule has 0 radical (unpaired) electrons. The third-order valence-corrected chi connectivity index (χ3v) is 4.88. The Kier molecular flexibility index (Phi) is 5.98. The van der Waals surface area contributed by atoms with Crippen LogP contribution in [-0.4, -0.2) is 27.7 Å². The molecule has 0 spiro atoms. The first-order chi connectivity index (χ1) is 11.4. The van der Waals surface area contributed by atoms with Gasteiger partial charge in [0, 0.05) is 26.4 Å². The van der Waals surface area contributed by atoms with Gasteiger partial charge in [-0.05, 0) is 29.7 Å². The molecular formula is C18H23N3O2S. The first-order valence-electron chi connectivity index (χ1n) is 7.68. The average Bonchev–Trinajstić information content (AvgIpc) is 2.55. The lowest BCUT2D eigenvalue weighted by Crippen LogP contribution is -2.36. The molecule has 0 aliphatic rings. The summed E-state index contributed by atoms with van der Waals surface area (Å²) in [6.45, 7) is 3.06. The maximum atomic E-state index is 11.7. The summed E-state index contributed by atoms with van der Waals surface area (Å²) in [5, 5.41) is 6.48. The number of benzene rings is 2. The minimum Gasteiger partial charge on any atom is -0.352 e. The van der Waals surface area contributed by atoms with Gasteiger partial charge in [0.1, 0.15) is 0 Å². The SMILES string of the molecule is CN=C(NCc1ccccc1)NCc1ccc(S(C)(=O)=O)c(C)c1. The van der Waals surface area contributed by atoms with Crippen LogP contribution in [0.1, 0.15) is 16.7 Å². The lowest BCUT2D eigenvalue weighted by atomic mass is 10.1. The molecule has 0 saturated carbocycles. The molecule has 2 N–H and O–H groups in total. The van der Waals surface area contributed by atoms with Crippen LogP contribution >= 0.6 is 0 Å². The molecule has 2 rings (SSSR count). The number of nitrogens with zero attached hydrogens (tertiary/aromatic N) is 1. The zero-order chi connectivity index (χ0) is 17.6. The van der Waals surface area contributed by atoms with Gasteiger partial charge in [0.2, 0.25) is 0 Å². The molecule has 0 aliphatic carbocycles. The van der Waals surface area contributed by atoms with Crippen LogP contribution in [0, 0.1) is 6.92 Å². The van der Waals surface area contributed by atoms with Crippen molar-refractivity contribution in [3.8, 4) is 0 Å². The molecular weight excluding hydrogens is 322 g/mol. The van der Waals surface area contributed by atoms with Crippen LogP contribution in [0.3, 0.4) is 0 Å². The molecule has 5 nitrogen and oxygen atoms in total. The maximum absolute atomic E-state index is 11.7. The van der Waals surface area contributed by atoms with Gasteiger partial charge in [-0.25, -0.2) is 8.42 Å². The van der Waals surface area contributed by atoms with E-state index in [2.05, 4.69) is 15.6 Å². The monoisotopic (exact) mass is 345 g/mol. The summed E-state index contributed by atoms with van der Waals surface area (Å²) < 4.78 is 23.3. The van der Waals surface area contributed by atoms with Gasteiger partial charge in [-0.2, -0.15) is 0 Å². The van der Waals surface area contributed by atoms with Crippen LogP contribution in [0.2, 0.25) is 0 Å². The quantitative estimate of drug-likeness (QED) is 0.644. The summed E-state index contributed by atoms with van der Waals surface area (Å²) >= 11 is 0. The van der Waals surface area contributed by atoms with Gasteiger partial charge in [-0.15, -0.1) is 0 Å². The van der Waals surface area contributed by atoms with Crippen LogP contribution in [0.5, 0.6) is 0 Å². The van der Waals surface area contributed by atoms with Gasteiger partial charge in [0.15, 0.2) is 15.8 Å². The van der Waals surface area contributed by atoms with Crippen molar-refractivity contribution in [1.29, 1.82) is 0 Å². The first kappa shape index (κ1) is 18.0. The topological polar surface area (TPSA) is 70.6 Å². The van der Waals surface area contributed by atoms with E-state index in [1.54, 1.807) is 13.1 Å². The van der Waals surface area contributed by atoms with Crippen molar-refractivity contribution in [1.82, 2.24) is 10.6 Å². The van der Waals surface area contributed by atoms with Gasteiger partial charge in [-0.3, -0.25) is 4.99 Å². The molecule has 2 aromatic rings. The highest BCUT2D eigenvalue weighted by atomic mass is 32.2. The van der Waals surface area contributed by atoms with Crippen LogP contribution in [0.4, 0.5) is 0 Å². The second kappa shape index (κ2) is 7.97. The highest BCUT2D eigenvalue weighted by molar-refractivity contribution is 7.90. The Labute approximate surface area is 143 Å². The van der Waals surface area contributed by atoms with Crippen molar-refractivity contribution < 1.29 is 8.42 Å². The van der Waals surface area contributed by atoms with E-state index >= 15 is 0 Å². The van der Waals surface area contributed by atoms with E-state index in [1.807, 2.05) is 49.4 Å². The molecule has 128 valence electrons. The molecule has 0 atom stereocenters. The first-order valence-corrected chi connectivity index (χ1v) is 9.57. The number of sulfone groups is 1. The van der Waals surface area contributed by atoms with Crippen LogP contribution in [0.25, 0.3) is 0 Å². The van der Waals surface area contributed by atoms with E-state index in [9.17, 15) is 8.42 Å². The van der Waals surface area contributed by atoms with Gasteiger partial charge < -0.3 is 10.6 Å². The smallest absolute Gasteiger partial charge is 0.191 e. The molecule has 0 aliphatic heterocycles. The molecule has 0 aromatic heterocycles. The van der Waals surface area contributed by atoms with Crippen molar-refractivity contribution >= 4 is 15.8 Å². The van der Waals surface area contributed by atoms with Gasteiger partial charge in [-0.1, -0.05) is 42.5 Å². The molecule has 0 unspecified atom stereocenters. The Bertz CT molecular complexity index is 815. The number of hydrogen-bond donors (Lipinski definition) is 2. The Morgan fingerprint density at radius 3 is 2.17 bits per heavy atom. The van der Waals surface area contributed by atoms with Crippen LogP contribution < -0.4 is 10.6 Å². The molecule has 2 aromatic carbocycles. The molecule has 0 saturated heterocycles. The fourth-order valence-electron chi connectivity index (χ4n) is 2.43. The van der Waals surface area contributed by atoms with Crippen molar-refractivity contribution in [2.45, 2.75) is 24.9 Å². The summed E-state index contributed by atoms with van der Waals surface area (Å²) in [6, 6.07) is 15.4. The minimum absolute atomic E-state index is 0.373. The van der Waals surface area contributed by atoms with Crippen molar-refractivity contribution in [2.24, 2.45) is 4.99 Å². The van der Waals surface area contributed by atoms with E-state index in [1.165, 1.54) is 11.8 Å². The Balaban J connectivity index is 1.95. The number of guanidine groups is 1. The number of rotatable bonds is 5. The normalized spacial score (nSPS) is 12.0. The Morgan fingerprint density at radius 2 is 1.62 bits per heavy atom. The highest BCUT2D eigenvalue weighted by Gasteiger charge is 2.10. The van der Waals surface area contributed by atoms with E-state index < -0.39 is 9.84 Å². The number of nitrogens with one attached hydrogen (secondary N) is 2. The van der Waals surface area contributed by atoms with Crippen molar-refractivity contribution in [2.75, 3.05) is 13.3 Å². The fourth-order valence-corrected chi connectivity index (χ4v) is 3.38. The summed E-state index contributed by atoms with van der Waals surface area (Å²) in [5.41, 5.74) is 2.93. The molecule has 0 amide bonds. The minimum atomic E-state index is -3.18. The van der Waals surface area contributed by atoms with Crippen molar-refractivity contribution in [3.63, 3.8) is 0 Å². The summed E-state index contributed by atoms with van der Waals surface area (Å²) in [4.78, 5) is 4.57. The number of aryl methyl sites for hydroxylation is 1. The Hall–Kier alpha value is -2.34. The second-order valence-electron chi connectivity index (χ2n) is 5.64. The summed E-state index contributed by atoms with van der Waals surface area (Å²) in [6.07, 6.45) is 1.22. The highest BCUT2D eigenvalue weighted by Crippen LogP contribution is 2.16. The van der Waals surface area contributed by atoms with E-state index in [4.69, 9.17) is 0 Å². The van der Waals surface area contributed by atoms with Gasteiger partial charge >= 0.3 is 0 Å². The third-order valence-electron chi connectivity index (χ3n) is 3.63. The van der Waals surface area contributed by atoms with Gasteiger partial charge in [0.05, 0.1) is 4.90 Å². The summed E-state index contributed by atoms with van der Waals surface area (Å²) in [7, 11) is -1.46. The summed E-state index contributed by atoms with van der Waals surface area (Å²) in [5.74, 6) is 0.698. The standard InChI is InChI=1S/C18H23N3O2S/c1-14-11-16(9-10-17(14)24(3,22)23)13-21-18(19-2)20-12-15-7-5-4-6-8-15/h4-11H,12-13H2,1-3H3,(H2,19,20,21). The number of aliphatic imine (C=N–C) groups is 1. The third kappa shape index (κ3) is 5.09. The molecule has 0 bridgehead atoms. The maximum Gasteiger partial charge on any atom is 0.191 e.